The summed E-state index contributed by atoms with van der Waals surface area (Å²) in [6.07, 6.45) is 2.72. The number of aromatic nitrogens is 3. The van der Waals surface area contributed by atoms with E-state index < -0.39 is 15.8 Å². The molecule has 0 aromatic carbocycles. The molecule has 0 fully saturated rings. The van der Waals surface area contributed by atoms with E-state index >= 15 is 0 Å². The Morgan fingerprint density at radius 3 is 2.29 bits per heavy atom. The van der Waals surface area contributed by atoms with Crippen molar-refractivity contribution in [1.82, 2.24) is 20.1 Å². The molecule has 0 aliphatic heterocycles. The number of carbonyl (C=O) groups excluding carboxylic acids is 1. The zero-order valence-electron chi connectivity index (χ0n) is 14.5. The molecule has 146 valence electrons. The number of hydrogen-bond acceptors (Lipinski definition) is 9. The fraction of sp³-hybridized carbons (Fsp3) is 0.143. The molecular formula is C14H13N7O5S2. The van der Waals surface area contributed by atoms with Crippen LogP contribution in [-0.2, 0) is 0 Å². The normalized spacial score (nSPS) is 10.4. The van der Waals surface area contributed by atoms with E-state index in [-0.39, 0.29) is 14.9 Å². The van der Waals surface area contributed by atoms with Gasteiger partial charge in [-0.15, -0.1) is 0 Å². The molecule has 1 amide bonds. The fourth-order valence-corrected chi connectivity index (χ4v) is 3.13. The van der Waals surface area contributed by atoms with Gasteiger partial charge in [-0.1, -0.05) is 22.7 Å². The average molecular weight is 423 g/mol. The maximum atomic E-state index is 11.3. The topological polar surface area (TPSA) is 161 Å². The van der Waals surface area contributed by atoms with Gasteiger partial charge >= 0.3 is 10.0 Å². The predicted octanol–water partition coefficient (Wildman–Crippen LogP) is 2.83. The minimum Gasteiger partial charge on any atom is -0.369 e. The van der Waals surface area contributed by atoms with E-state index in [2.05, 4.69) is 20.2 Å². The zero-order chi connectivity index (χ0) is 20.7. The number of nitro groups is 2. The second-order valence-corrected chi connectivity index (χ2v) is 7.26. The Morgan fingerprint density at radius 2 is 1.79 bits per heavy atom. The molecule has 0 spiro atoms. The zero-order valence-corrected chi connectivity index (χ0v) is 16.1. The van der Waals surface area contributed by atoms with E-state index in [4.69, 9.17) is 0 Å². The molecule has 0 aliphatic carbocycles. The van der Waals surface area contributed by atoms with Crippen LogP contribution in [0, 0.1) is 20.2 Å². The van der Waals surface area contributed by atoms with Crippen molar-refractivity contribution >= 4 is 44.9 Å². The molecular weight excluding hydrogens is 410 g/mol. The van der Waals surface area contributed by atoms with Gasteiger partial charge in [0, 0.05) is 26.2 Å². The molecule has 1 N–H and O–H groups in total. The van der Waals surface area contributed by atoms with Crippen molar-refractivity contribution in [2.24, 2.45) is 4.99 Å². The fourth-order valence-electron chi connectivity index (χ4n) is 1.65. The van der Waals surface area contributed by atoms with E-state index in [9.17, 15) is 25.0 Å². The Hall–Kier alpha value is -3.52. The van der Waals surface area contributed by atoms with Crippen LogP contribution in [0.15, 0.2) is 35.6 Å². The Balaban J connectivity index is 0.000000202. The number of carbonyl (C=O) groups is 1. The van der Waals surface area contributed by atoms with Crippen molar-refractivity contribution in [3.05, 3.63) is 55.7 Å². The quantitative estimate of drug-likeness (QED) is 0.283. The number of aromatic amines is 1. The number of aliphatic imine (C=N–C) groups is 1. The lowest BCUT2D eigenvalue weighted by Crippen LogP contribution is -2.09. The second kappa shape index (κ2) is 9.43. The third kappa shape index (κ3) is 5.75. The molecule has 0 bridgehead atoms. The van der Waals surface area contributed by atoms with E-state index in [0.29, 0.717) is 10.7 Å². The number of H-pyrrole nitrogens is 1. The average Bonchev–Trinajstić information content (AvgIpc) is 3.40. The molecule has 0 atom stereocenters. The maximum Gasteiger partial charge on any atom is 0.324 e. The first kappa shape index (κ1) is 20.8. The van der Waals surface area contributed by atoms with Crippen LogP contribution in [0.5, 0.6) is 0 Å². The Labute approximate surface area is 165 Å². The number of nitrogens with zero attached hydrogens (tertiary/aromatic N) is 6. The Bertz CT molecular complexity index is 994. The highest BCUT2D eigenvalue weighted by Gasteiger charge is 2.14. The molecule has 28 heavy (non-hydrogen) atoms. The maximum absolute atomic E-state index is 11.3. The van der Waals surface area contributed by atoms with Gasteiger partial charge in [0.25, 0.3) is 5.91 Å². The van der Waals surface area contributed by atoms with Gasteiger partial charge < -0.3 is 4.90 Å². The van der Waals surface area contributed by atoms with Gasteiger partial charge in [0.15, 0.2) is 5.82 Å². The van der Waals surface area contributed by atoms with Gasteiger partial charge in [-0.2, -0.15) is 10.1 Å². The SMILES string of the molecule is CN(C)C=NC(=O)c1ccc([N+](=O)[O-])s1.O=[N+]([O-])c1ccc(-c2ncn[nH]2)s1. The van der Waals surface area contributed by atoms with Gasteiger partial charge in [0.1, 0.15) is 11.2 Å². The van der Waals surface area contributed by atoms with Crippen LogP contribution in [0.3, 0.4) is 0 Å². The molecule has 3 aromatic heterocycles. The molecule has 0 radical (unpaired) electrons. The molecule has 3 heterocycles. The summed E-state index contributed by atoms with van der Waals surface area (Å²) in [6.45, 7) is 0. The monoisotopic (exact) mass is 423 g/mol. The Morgan fingerprint density at radius 1 is 1.14 bits per heavy atom. The van der Waals surface area contributed by atoms with Crippen molar-refractivity contribution in [3.63, 3.8) is 0 Å². The lowest BCUT2D eigenvalue weighted by molar-refractivity contribution is -0.380. The first-order valence-electron chi connectivity index (χ1n) is 7.37. The van der Waals surface area contributed by atoms with Crippen LogP contribution >= 0.6 is 22.7 Å². The van der Waals surface area contributed by atoms with Crippen LogP contribution in [0.2, 0.25) is 0 Å². The molecule has 0 unspecified atom stereocenters. The summed E-state index contributed by atoms with van der Waals surface area (Å²) >= 11 is 1.89. The highest BCUT2D eigenvalue weighted by molar-refractivity contribution is 7.18. The third-order valence-corrected chi connectivity index (χ3v) is 4.88. The summed E-state index contributed by atoms with van der Waals surface area (Å²) in [4.78, 5) is 41.2. The summed E-state index contributed by atoms with van der Waals surface area (Å²) in [5.74, 6) is 0.0832. The highest BCUT2D eigenvalue weighted by Crippen LogP contribution is 2.29. The lowest BCUT2D eigenvalue weighted by Gasteiger charge is -2.00. The van der Waals surface area contributed by atoms with Crippen LogP contribution in [0.4, 0.5) is 10.0 Å². The van der Waals surface area contributed by atoms with Crippen LogP contribution < -0.4 is 0 Å². The van der Waals surface area contributed by atoms with E-state index in [1.54, 1.807) is 25.1 Å². The van der Waals surface area contributed by atoms with Crippen molar-refractivity contribution in [1.29, 1.82) is 0 Å². The van der Waals surface area contributed by atoms with Gasteiger partial charge in [0.2, 0.25) is 0 Å². The molecule has 0 saturated heterocycles. The first-order valence-corrected chi connectivity index (χ1v) is 9.00. The van der Waals surface area contributed by atoms with Crippen molar-refractivity contribution in [3.8, 4) is 10.7 Å². The standard InChI is InChI=1S/C8H9N3O3S.C6H4N4O2S/c1-10(2)5-9-8(12)6-3-4-7(15-6)11(13)14;11-10(12)5-2-1-4(13-5)6-7-3-8-9-6/h3-5H,1-2H3;1-3H,(H,7,8,9). The molecule has 3 aromatic rings. The Kier molecular flexibility index (Phi) is 7.00. The highest BCUT2D eigenvalue weighted by atomic mass is 32.1. The number of hydrogen-bond donors (Lipinski definition) is 1. The number of amides is 1. The summed E-state index contributed by atoms with van der Waals surface area (Å²) in [7, 11) is 3.46. The summed E-state index contributed by atoms with van der Waals surface area (Å²) in [5, 5.41) is 27.0. The number of rotatable bonds is 5. The minimum absolute atomic E-state index is 0.0570. The molecule has 0 saturated carbocycles. The van der Waals surface area contributed by atoms with Gasteiger partial charge in [-0.3, -0.25) is 30.1 Å². The van der Waals surface area contributed by atoms with Crippen molar-refractivity contribution in [2.45, 2.75) is 0 Å². The second-order valence-electron chi connectivity index (χ2n) is 5.14. The van der Waals surface area contributed by atoms with Gasteiger partial charge in [-0.05, 0) is 12.1 Å². The molecule has 12 nitrogen and oxygen atoms in total. The van der Waals surface area contributed by atoms with Crippen molar-refractivity contribution < 1.29 is 14.6 Å². The third-order valence-electron chi connectivity index (χ3n) is 2.81. The summed E-state index contributed by atoms with van der Waals surface area (Å²) in [6, 6.07) is 5.78. The van der Waals surface area contributed by atoms with Crippen LogP contribution in [0.25, 0.3) is 10.7 Å². The largest absolute Gasteiger partial charge is 0.369 e. The summed E-state index contributed by atoms with van der Waals surface area (Å²) < 4.78 is 0. The molecule has 3 rings (SSSR count). The lowest BCUT2D eigenvalue weighted by atomic mass is 10.4. The van der Waals surface area contributed by atoms with E-state index in [1.165, 1.54) is 30.9 Å². The number of nitrogens with one attached hydrogen (secondary N) is 1. The van der Waals surface area contributed by atoms with E-state index in [1.807, 2.05) is 0 Å². The van der Waals surface area contributed by atoms with Gasteiger partial charge in [0.05, 0.1) is 21.1 Å². The van der Waals surface area contributed by atoms with Crippen LogP contribution in [0.1, 0.15) is 9.67 Å². The van der Waals surface area contributed by atoms with E-state index in [0.717, 1.165) is 22.7 Å². The minimum atomic E-state index is -0.531. The summed E-state index contributed by atoms with van der Waals surface area (Å²) in [5.41, 5.74) is 0. The predicted molar refractivity (Wildman–Crippen MR) is 104 cm³/mol. The van der Waals surface area contributed by atoms with Gasteiger partial charge in [-0.25, -0.2) is 4.98 Å². The number of thiophene rings is 2. The first-order chi connectivity index (χ1) is 13.3. The van der Waals surface area contributed by atoms with Crippen LogP contribution in [-0.4, -0.2) is 56.3 Å². The molecule has 14 heteroatoms. The van der Waals surface area contributed by atoms with Crippen molar-refractivity contribution in [2.75, 3.05) is 14.1 Å². The molecule has 0 aliphatic rings. The smallest absolute Gasteiger partial charge is 0.324 e.